The molecule has 0 spiro atoms. The molecule has 7 N–H and O–H groups in total. The number of carboxylic acids is 1. The van der Waals surface area contributed by atoms with Gasteiger partial charge in [-0.25, -0.2) is 14.3 Å². The lowest BCUT2D eigenvalue weighted by atomic mass is 10.0. The number of halogens is 4. The van der Waals surface area contributed by atoms with E-state index in [0.717, 1.165) is 0 Å². The zero-order valence-electron chi connectivity index (χ0n) is 19.4. The van der Waals surface area contributed by atoms with Crippen LogP contribution < -0.4 is 15.8 Å². The monoisotopic (exact) mass is 559 g/mol. The Morgan fingerprint density at radius 1 is 1.37 bits per heavy atom. The van der Waals surface area contributed by atoms with Crippen LogP contribution in [0.5, 0.6) is 5.75 Å². The first-order chi connectivity index (χ1) is 17.8. The van der Waals surface area contributed by atoms with E-state index >= 15 is 0 Å². The summed E-state index contributed by atoms with van der Waals surface area (Å²) in [5.41, 5.74) is 7.47. The van der Waals surface area contributed by atoms with Gasteiger partial charge in [-0.1, -0.05) is 11.6 Å². The average molecular weight is 560 g/mol. The summed E-state index contributed by atoms with van der Waals surface area (Å²) in [6.07, 6.45) is -1.42. The first-order valence-corrected chi connectivity index (χ1v) is 11.0. The fraction of sp³-hybridized carbons (Fsp3) is 0.286. The number of H-pyrrole nitrogens is 1. The maximum absolute atomic E-state index is 13.0. The number of carboxylic acid groups (broad SMARTS) is 1. The Bertz CT molecular complexity index is 1460. The Labute approximate surface area is 216 Å². The van der Waals surface area contributed by atoms with E-state index in [-0.39, 0.29) is 18.0 Å². The largest absolute Gasteiger partial charge is 0.490 e. The fourth-order valence-corrected chi connectivity index (χ4v) is 3.50. The van der Waals surface area contributed by atoms with E-state index < -0.39 is 36.8 Å². The van der Waals surface area contributed by atoms with Crippen LogP contribution in [0.25, 0.3) is 16.6 Å². The molecule has 204 valence electrons. The van der Waals surface area contributed by atoms with E-state index in [2.05, 4.69) is 25.6 Å². The zero-order valence-corrected chi connectivity index (χ0v) is 20.2. The number of hydrogen-bond acceptors (Lipinski definition) is 9. The van der Waals surface area contributed by atoms with Crippen LogP contribution in [0.1, 0.15) is 28.9 Å². The third-order valence-electron chi connectivity index (χ3n) is 5.00. The number of aromatic amines is 1. The van der Waals surface area contributed by atoms with Crippen LogP contribution in [0.2, 0.25) is 5.02 Å². The minimum absolute atomic E-state index is 0.0491. The lowest BCUT2D eigenvalue weighted by Crippen LogP contribution is -2.28. The van der Waals surface area contributed by atoms with Gasteiger partial charge in [0.1, 0.15) is 29.5 Å². The number of benzene rings is 1. The normalized spacial score (nSPS) is 13.0. The molecule has 0 bridgehead atoms. The van der Waals surface area contributed by atoms with Gasteiger partial charge in [-0.05, 0) is 19.1 Å². The predicted octanol–water partition coefficient (Wildman–Crippen LogP) is 1.70. The van der Waals surface area contributed by atoms with Crippen molar-refractivity contribution in [3.8, 4) is 5.75 Å². The van der Waals surface area contributed by atoms with Crippen molar-refractivity contribution in [1.82, 2.24) is 30.1 Å². The van der Waals surface area contributed by atoms with Crippen LogP contribution in [0.4, 0.5) is 19.0 Å². The van der Waals surface area contributed by atoms with Crippen LogP contribution in [0, 0.1) is 0 Å². The van der Waals surface area contributed by atoms with Gasteiger partial charge in [0.15, 0.2) is 11.5 Å². The number of aliphatic carboxylic acids is 1. The van der Waals surface area contributed by atoms with E-state index in [9.17, 15) is 23.1 Å². The number of aliphatic hydroxyl groups is 2. The Balaban J connectivity index is 0.000000505. The summed E-state index contributed by atoms with van der Waals surface area (Å²) in [5, 5.41) is 40.7. The molecule has 0 fully saturated rings. The third-order valence-corrected chi connectivity index (χ3v) is 5.32. The van der Waals surface area contributed by atoms with Gasteiger partial charge in [0.25, 0.3) is 5.91 Å². The SMILES string of the molecule is CC(NC(=O)c1c(N)nn2cccnc12)c1cc(Cl)c2cn[nH]c2c1OCC(O)CO.O=C(O)C(F)(F)F. The number of ether oxygens (including phenoxy) is 1. The van der Waals surface area contributed by atoms with Crippen molar-refractivity contribution in [3.05, 3.63) is 46.9 Å². The van der Waals surface area contributed by atoms with Gasteiger partial charge in [0.05, 0.1) is 23.9 Å². The lowest BCUT2D eigenvalue weighted by molar-refractivity contribution is -0.192. The van der Waals surface area contributed by atoms with Crippen molar-refractivity contribution in [2.45, 2.75) is 25.2 Å². The molecule has 0 saturated carbocycles. The number of aromatic nitrogens is 5. The van der Waals surface area contributed by atoms with Crippen molar-refractivity contribution in [1.29, 1.82) is 0 Å². The molecule has 0 aliphatic heterocycles. The summed E-state index contributed by atoms with van der Waals surface area (Å²) in [6, 6.07) is 2.76. The molecule has 4 aromatic rings. The highest BCUT2D eigenvalue weighted by Gasteiger charge is 2.38. The van der Waals surface area contributed by atoms with Crippen LogP contribution in [0.15, 0.2) is 30.7 Å². The third kappa shape index (κ3) is 6.21. The number of anilines is 1. The quantitative estimate of drug-likeness (QED) is 0.193. The number of aliphatic hydroxyl groups excluding tert-OH is 2. The summed E-state index contributed by atoms with van der Waals surface area (Å²) in [7, 11) is 0. The molecular formula is C21H21ClF3N7O6. The molecule has 2 atom stereocenters. The molecule has 0 aliphatic carbocycles. The predicted molar refractivity (Wildman–Crippen MR) is 127 cm³/mol. The maximum Gasteiger partial charge on any atom is 0.490 e. The molecule has 3 aromatic heterocycles. The zero-order chi connectivity index (χ0) is 28.2. The number of nitrogens with two attached hydrogens (primary N) is 1. The standard InChI is InChI=1S/C19H20ClN7O4.C2HF3O2/c1-9(24-19(30)14-17(21)26-27-4-2-3-22-18(14)27)11-5-13(20)12-6-23-25-15(12)16(11)31-8-10(29)7-28;3-2(4,5)1(6)7/h2-6,9-10,28-29H,7-8H2,1H3,(H2,21,26)(H,23,25)(H,24,30);(H,6,7). The highest BCUT2D eigenvalue weighted by Crippen LogP contribution is 2.37. The molecule has 3 heterocycles. The molecule has 13 nitrogen and oxygen atoms in total. The van der Waals surface area contributed by atoms with Crippen molar-refractivity contribution in [3.63, 3.8) is 0 Å². The minimum Gasteiger partial charge on any atom is -0.488 e. The summed E-state index contributed by atoms with van der Waals surface area (Å²) in [4.78, 5) is 26.1. The smallest absolute Gasteiger partial charge is 0.488 e. The number of carbonyl (C=O) groups excluding carboxylic acids is 1. The highest BCUT2D eigenvalue weighted by atomic mass is 35.5. The van der Waals surface area contributed by atoms with Crippen molar-refractivity contribution in [2.75, 3.05) is 18.9 Å². The Hall–Kier alpha value is -4.15. The van der Waals surface area contributed by atoms with Crippen LogP contribution in [-0.2, 0) is 4.79 Å². The van der Waals surface area contributed by atoms with Gasteiger partial charge in [-0.15, -0.1) is 5.10 Å². The number of nitrogen functional groups attached to an aromatic ring is 1. The van der Waals surface area contributed by atoms with Gasteiger partial charge in [0, 0.05) is 23.3 Å². The van der Waals surface area contributed by atoms with Gasteiger partial charge in [0.2, 0.25) is 0 Å². The molecule has 4 rings (SSSR count). The Kier molecular flexibility index (Phi) is 8.60. The number of nitrogens with zero attached hydrogens (tertiary/aromatic N) is 4. The fourth-order valence-electron chi connectivity index (χ4n) is 3.24. The van der Waals surface area contributed by atoms with E-state index in [1.165, 1.54) is 4.52 Å². The number of fused-ring (bicyclic) bond motifs is 2. The van der Waals surface area contributed by atoms with Crippen molar-refractivity contribution in [2.24, 2.45) is 0 Å². The molecule has 17 heteroatoms. The van der Waals surface area contributed by atoms with Gasteiger partial charge in [-0.2, -0.15) is 18.3 Å². The molecule has 1 aromatic carbocycles. The maximum atomic E-state index is 13.0. The topological polar surface area (TPSA) is 201 Å². The molecule has 1 amide bonds. The molecule has 38 heavy (non-hydrogen) atoms. The molecule has 0 aliphatic rings. The Morgan fingerprint density at radius 3 is 2.68 bits per heavy atom. The minimum atomic E-state index is -5.08. The van der Waals surface area contributed by atoms with Gasteiger partial charge < -0.3 is 31.1 Å². The second-order valence-electron chi connectivity index (χ2n) is 7.73. The first kappa shape index (κ1) is 28.4. The summed E-state index contributed by atoms with van der Waals surface area (Å²) < 4.78 is 38.9. The summed E-state index contributed by atoms with van der Waals surface area (Å²) in [5.74, 6) is -2.83. The number of amides is 1. The molecule has 0 saturated heterocycles. The average Bonchev–Trinajstić information content (AvgIpc) is 3.47. The van der Waals surface area contributed by atoms with Gasteiger partial charge >= 0.3 is 12.1 Å². The Morgan fingerprint density at radius 2 is 2.05 bits per heavy atom. The number of alkyl halides is 3. The van der Waals surface area contributed by atoms with Crippen molar-refractivity contribution >= 4 is 45.8 Å². The van der Waals surface area contributed by atoms with Crippen LogP contribution >= 0.6 is 11.6 Å². The molecule has 2 unspecified atom stereocenters. The summed E-state index contributed by atoms with van der Waals surface area (Å²) in [6.45, 7) is 1.13. The lowest BCUT2D eigenvalue weighted by Gasteiger charge is -2.20. The van der Waals surface area contributed by atoms with E-state index in [0.29, 0.717) is 32.9 Å². The number of hydrogen-bond donors (Lipinski definition) is 6. The van der Waals surface area contributed by atoms with E-state index in [4.69, 9.17) is 37.1 Å². The summed E-state index contributed by atoms with van der Waals surface area (Å²) >= 11 is 6.39. The van der Waals surface area contributed by atoms with Gasteiger partial charge in [-0.3, -0.25) is 9.89 Å². The number of rotatable bonds is 7. The van der Waals surface area contributed by atoms with Crippen molar-refractivity contribution < 1.29 is 42.8 Å². The highest BCUT2D eigenvalue weighted by molar-refractivity contribution is 6.35. The molecular weight excluding hydrogens is 539 g/mol. The first-order valence-electron chi connectivity index (χ1n) is 10.6. The number of nitrogens with one attached hydrogen (secondary N) is 2. The van der Waals surface area contributed by atoms with E-state index in [1.54, 1.807) is 37.6 Å². The molecule has 0 radical (unpaired) electrons. The van der Waals surface area contributed by atoms with E-state index in [1.807, 2.05) is 0 Å². The second kappa shape index (κ2) is 11.5. The van der Waals surface area contributed by atoms with Crippen LogP contribution in [0.3, 0.4) is 0 Å². The second-order valence-corrected chi connectivity index (χ2v) is 8.14. The number of carbonyl (C=O) groups is 2. The van der Waals surface area contributed by atoms with Crippen LogP contribution in [-0.4, -0.2) is 77.5 Å².